The number of nitrogens with zero attached hydrogens (tertiary/aromatic N) is 2. The number of hydrogen-bond acceptors (Lipinski definition) is 3. The molecule has 0 aliphatic rings. The van der Waals surface area contributed by atoms with Gasteiger partial charge in [-0.2, -0.15) is 0 Å². The summed E-state index contributed by atoms with van der Waals surface area (Å²) in [6.45, 7) is 5.79. The third-order valence-electron chi connectivity index (χ3n) is 7.40. The monoisotopic (exact) mass is 784 g/mol. The van der Waals surface area contributed by atoms with Crippen LogP contribution < -0.4 is 0 Å². The molecule has 6 rings (SSSR count). The average Bonchev–Trinajstić information content (AvgIpc) is 3.35. The zero-order valence-electron chi connectivity index (χ0n) is 25.3. The second-order valence-corrected chi connectivity index (χ2v) is 11.7. The Labute approximate surface area is 277 Å². The van der Waals surface area contributed by atoms with Crippen LogP contribution in [0.2, 0.25) is 0 Å². The SMILES string of the molecule is CC(C)(C)C(O)=CC(O)CCc1ccc(-n2c3ccccc3c3ccccc32)cc1.Fc1c[c-]c(-c2ccccn2)c(F)c1.[Pt]. The molecule has 1 unspecified atom stereocenters. The van der Waals surface area contributed by atoms with Gasteiger partial charge in [0.25, 0.3) is 0 Å². The fourth-order valence-electron chi connectivity index (χ4n) is 4.99. The summed E-state index contributed by atoms with van der Waals surface area (Å²) in [5, 5.41) is 22.8. The van der Waals surface area contributed by atoms with Gasteiger partial charge in [0.15, 0.2) is 0 Å². The molecular weight excluding hydrogens is 750 g/mol. The molecule has 0 aliphatic carbocycles. The quantitative estimate of drug-likeness (QED) is 0.131. The van der Waals surface area contributed by atoms with Crippen molar-refractivity contribution in [3.8, 4) is 16.9 Å². The van der Waals surface area contributed by atoms with E-state index in [1.54, 1.807) is 30.5 Å². The van der Waals surface area contributed by atoms with Gasteiger partial charge in [0.1, 0.15) is 0 Å². The molecule has 0 amide bonds. The van der Waals surface area contributed by atoms with Crippen LogP contribution in [0.1, 0.15) is 32.8 Å². The van der Waals surface area contributed by atoms with E-state index in [9.17, 15) is 19.0 Å². The smallest absolute Gasteiger partial charge is 0.0961 e. The Morgan fingerprint density at radius 2 is 1.49 bits per heavy atom. The molecule has 2 N–H and O–H groups in total. The van der Waals surface area contributed by atoms with Gasteiger partial charge >= 0.3 is 0 Å². The number of hydrogen-bond donors (Lipinski definition) is 2. The topological polar surface area (TPSA) is 58.3 Å². The Bertz CT molecular complexity index is 1840. The normalized spacial score (nSPS) is 12.4. The molecule has 234 valence electrons. The van der Waals surface area contributed by atoms with Gasteiger partial charge in [-0.25, -0.2) is 0 Å². The van der Waals surface area contributed by atoms with Crippen LogP contribution in [-0.2, 0) is 27.5 Å². The number of aliphatic hydroxyl groups is 2. The summed E-state index contributed by atoms with van der Waals surface area (Å²) < 4.78 is 28.1. The number of allylic oxidation sites excluding steroid dienone is 1. The number of aryl methyl sites for hydroxylation is 1. The zero-order valence-corrected chi connectivity index (χ0v) is 27.6. The Morgan fingerprint density at radius 3 is 2.04 bits per heavy atom. The van der Waals surface area contributed by atoms with Crippen molar-refractivity contribution in [1.82, 2.24) is 9.55 Å². The summed E-state index contributed by atoms with van der Waals surface area (Å²) >= 11 is 0. The fourth-order valence-corrected chi connectivity index (χ4v) is 4.99. The Kier molecular flexibility index (Phi) is 11.1. The summed E-state index contributed by atoms with van der Waals surface area (Å²) in [6.07, 6.45) is 3.79. The van der Waals surface area contributed by atoms with Crippen molar-refractivity contribution in [3.63, 3.8) is 0 Å². The first-order valence-corrected chi connectivity index (χ1v) is 14.6. The summed E-state index contributed by atoms with van der Waals surface area (Å²) in [5.74, 6) is -1.05. The van der Waals surface area contributed by atoms with Gasteiger partial charge in [-0.15, -0.1) is 12.1 Å². The molecule has 0 aliphatic heterocycles. The first-order chi connectivity index (χ1) is 21.1. The molecule has 0 bridgehead atoms. The number of aliphatic hydroxyl groups excluding tert-OH is 2. The number of para-hydroxylation sites is 2. The first-order valence-electron chi connectivity index (χ1n) is 14.6. The molecule has 7 heteroatoms. The fraction of sp³-hybridized carbons (Fsp3) is 0.184. The molecular formula is C38H35F2N2O2Pt-. The molecule has 0 saturated carbocycles. The van der Waals surface area contributed by atoms with Crippen LogP contribution in [0, 0.1) is 23.1 Å². The molecule has 0 saturated heterocycles. The molecule has 6 aromatic rings. The van der Waals surface area contributed by atoms with Crippen LogP contribution in [0.25, 0.3) is 38.8 Å². The molecule has 0 spiro atoms. The van der Waals surface area contributed by atoms with E-state index in [1.165, 1.54) is 27.4 Å². The summed E-state index contributed by atoms with van der Waals surface area (Å²) in [4.78, 5) is 3.95. The molecule has 45 heavy (non-hydrogen) atoms. The first kappa shape index (κ1) is 33.8. The van der Waals surface area contributed by atoms with Gasteiger partial charge < -0.3 is 19.8 Å². The van der Waals surface area contributed by atoms with E-state index in [1.807, 2.05) is 20.8 Å². The van der Waals surface area contributed by atoms with E-state index in [0.717, 1.165) is 24.2 Å². The molecule has 1 atom stereocenters. The van der Waals surface area contributed by atoms with Crippen molar-refractivity contribution in [2.45, 2.75) is 39.7 Å². The number of fused-ring (bicyclic) bond motifs is 3. The van der Waals surface area contributed by atoms with E-state index >= 15 is 0 Å². The van der Waals surface area contributed by atoms with Crippen LogP contribution in [0.15, 0.2) is 121 Å². The van der Waals surface area contributed by atoms with E-state index in [-0.39, 0.29) is 37.8 Å². The minimum atomic E-state index is -0.652. The van der Waals surface area contributed by atoms with E-state index < -0.39 is 17.7 Å². The number of benzene rings is 4. The predicted octanol–water partition coefficient (Wildman–Crippen LogP) is 9.39. The van der Waals surface area contributed by atoms with E-state index in [4.69, 9.17) is 0 Å². The van der Waals surface area contributed by atoms with Gasteiger partial charge in [0, 0.05) is 60.8 Å². The zero-order chi connectivity index (χ0) is 31.3. The molecule has 4 nitrogen and oxygen atoms in total. The number of rotatable bonds is 6. The second kappa shape index (κ2) is 14.8. The number of pyridine rings is 1. The molecule has 0 fully saturated rings. The average molecular weight is 785 g/mol. The standard InChI is InChI=1S/C27H29NO2.C11H6F2N.Pt/c1-27(2,3)26(30)18-21(29)17-14-19-12-15-20(16-13-19)28-24-10-6-4-8-22(24)23-9-5-7-11-25(23)28;12-8-4-5-9(10(13)7-8)11-3-1-2-6-14-11;/h4-13,15-16,18,21,29-30H,14,17H2,1-3H3;1-4,6-7H;/q;-1;. The molecule has 4 aromatic carbocycles. The summed E-state index contributed by atoms with van der Waals surface area (Å²) in [6, 6.07) is 35.0. The van der Waals surface area contributed by atoms with Gasteiger partial charge in [-0.1, -0.05) is 93.1 Å². The largest absolute Gasteiger partial charge is 0.512 e. The van der Waals surface area contributed by atoms with Gasteiger partial charge in [-0.05, 0) is 60.5 Å². The maximum Gasteiger partial charge on any atom is 0.0961 e. The van der Waals surface area contributed by atoms with Crippen molar-refractivity contribution in [1.29, 1.82) is 0 Å². The molecule has 0 radical (unpaired) electrons. The second-order valence-electron chi connectivity index (χ2n) is 11.7. The maximum atomic E-state index is 13.2. The van der Waals surface area contributed by atoms with Crippen molar-refractivity contribution in [2.24, 2.45) is 5.41 Å². The van der Waals surface area contributed by atoms with Crippen molar-refractivity contribution < 1.29 is 40.1 Å². The number of halogens is 2. The van der Waals surface area contributed by atoms with Crippen LogP contribution >= 0.6 is 0 Å². The minimum Gasteiger partial charge on any atom is -0.512 e. The predicted molar refractivity (Wildman–Crippen MR) is 174 cm³/mol. The Hall–Kier alpha value is -4.12. The van der Waals surface area contributed by atoms with Crippen LogP contribution in [0.3, 0.4) is 0 Å². The van der Waals surface area contributed by atoms with Gasteiger partial charge in [0.2, 0.25) is 0 Å². The molecule has 2 aromatic heterocycles. The Balaban J connectivity index is 0.000000258. The van der Waals surface area contributed by atoms with E-state index in [2.05, 4.69) is 88.4 Å². The number of aromatic nitrogens is 2. The minimum absolute atomic E-state index is 0. The summed E-state index contributed by atoms with van der Waals surface area (Å²) in [7, 11) is 0. The van der Waals surface area contributed by atoms with Gasteiger partial charge in [-0.3, -0.25) is 8.78 Å². The van der Waals surface area contributed by atoms with Crippen molar-refractivity contribution in [3.05, 3.63) is 144 Å². The van der Waals surface area contributed by atoms with Crippen molar-refractivity contribution in [2.75, 3.05) is 0 Å². The third-order valence-corrected chi connectivity index (χ3v) is 7.40. The van der Waals surface area contributed by atoms with Crippen LogP contribution in [0.4, 0.5) is 8.78 Å². The van der Waals surface area contributed by atoms with Gasteiger partial charge in [0.05, 0.1) is 22.9 Å². The van der Waals surface area contributed by atoms with Crippen LogP contribution in [0.5, 0.6) is 0 Å². The molecule has 2 heterocycles. The van der Waals surface area contributed by atoms with E-state index in [0.29, 0.717) is 12.1 Å². The Morgan fingerprint density at radius 1 is 0.889 bits per heavy atom. The maximum absolute atomic E-state index is 13.2. The van der Waals surface area contributed by atoms with Crippen molar-refractivity contribution >= 4 is 21.8 Å². The van der Waals surface area contributed by atoms with Crippen LogP contribution in [-0.4, -0.2) is 25.9 Å². The third kappa shape index (κ3) is 8.13. The summed E-state index contributed by atoms with van der Waals surface area (Å²) in [5.41, 5.74) is 4.99.